The average molecular weight is 248 g/mol. The number of rotatable bonds is 2. The number of fused-ring (bicyclic) bond motifs is 1. The number of aryl methyl sites for hydroxylation is 1. The molecule has 0 amide bonds. The Balaban J connectivity index is 2.14. The van der Waals surface area contributed by atoms with Gasteiger partial charge in [0.25, 0.3) is 0 Å². The van der Waals surface area contributed by atoms with Gasteiger partial charge in [0, 0.05) is 11.6 Å². The summed E-state index contributed by atoms with van der Waals surface area (Å²) in [5.74, 6) is 0. The molecule has 2 nitrogen and oxygen atoms in total. The van der Waals surface area contributed by atoms with E-state index in [1.165, 1.54) is 5.56 Å². The van der Waals surface area contributed by atoms with E-state index in [1.807, 2.05) is 24.4 Å². The van der Waals surface area contributed by atoms with Crippen molar-refractivity contribution in [1.82, 2.24) is 4.98 Å². The number of nitrogens with two attached hydrogens (primary N) is 1. The maximum atomic E-state index is 6.41. The summed E-state index contributed by atoms with van der Waals surface area (Å²) >= 11 is 0. The van der Waals surface area contributed by atoms with Gasteiger partial charge in [-0.2, -0.15) is 0 Å². The van der Waals surface area contributed by atoms with Crippen molar-refractivity contribution in [2.45, 2.75) is 13.0 Å². The number of hydrogen-bond acceptors (Lipinski definition) is 2. The molecular weight excluding hydrogens is 232 g/mol. The van der Waals surface area contributed by atoms with Gasteiger partial charge < -0.3 is 5.73 Å². The van der Waals surface area contributed by atoms with Crippen LogP contribution in [0.4, 0.5) is 0 Å². The predicted octanol–water partition coefficient (Wildman–Crippen LogP) is 3.59. The molecule has 3 rings (SSSR count). The molecule has 0 aliphatic rings. The van der Waals surface area contributed by atoms with E-state index in [0.717, 1.165) is 22.0 Å². The standard InChI is InChI=1S/C17H16N2/c1-12-5-2-7-14(11-12)16(18)15-9-3-6-13-8-4-10-19-17(13)15/h2-11,16H,18H2,1H3. The van der Waals surface area contributed by atoms with E-state index in [2.05, 4.69) is 48.3 Å². The van der Waals surface area contributed by atoms with Crippen LogP contribution in [0.3, 0.4) is 0 Å². The molecule has 3 aromatic rings. The van der Waals surface area contributed by atoms with E-state index < -0.39 is 0 Å². The Morgan fingerprint density at radius 3 is 2.63 bits per heavy atom. The summed E-state index contributed by atoms with van der Waals surface area (Å²) in [6.07, 6.45) is 1.81. The molecule has 1 unspecified atom stereocenters. The van der Waals surface area contributed by atoms with Gasteiger partial charge in [-0.15, -0.1) is 0 Å². The molecular formula is C17H16N2. The van der Waals surface area contributed by atoms with Crippen molar-refractivity contribution in [3.63, 3.8) is 0 Å². The second-order valence-electron chi connectivity index (χ2n) is 4.81. The van der Waals surface area contributed by atoms with Crippen LogP contribution < -0.4 is 5.73 Å². The quantitative estimate of drug-likeness (QED) is 0.752. The van der Waals surface area contributed by atoms with Crippen LogP contribution in [0, 0.1) is 6.92 Å². The Bertz CT molecular complexity index is 714. The number of hydrogen-bond donors (Lipinski definition) is 1. The Morgan fingerprint density at radius 2 is 1.79 bits per heavy atom. The third kappa shape index (κ3) is 2.23. The lowest BCUT2D eigenvalue weighted by Crippen LogP contribution is -2.12. The third-order valence-electron chi connectivity index (χ3n) is 3.40. The highest BCUT2D eigenvalue weighted by atomic mass is 14.7. The van der Waals surface area contributed by atoms with Crippen LogP contribution in [-0.2, 0) is 0 Å². The fourth-order valence-corrected chi connectivity index (χ4v) is 2.42. The fraction of sp³-hybridized carbons (Fsp3) is 0.118. The zero-order valence-electron chi connectivity index (χ0n) is 10.9. The molecule has 0 aliphatic carbocycles. The summed E-state index contributed by atoms with van der Waals surface area (Å²) < 4.78 is 0. The largest absolute Gasteiger partial charge is 0.320 e. The molecule has 0 saturated carbocycles. The SMILES string of the molecule is Cc1cccc(C(N)c2cccc3cccnc23)c1. The van der Waals surface area contributed by atoms with Crippen LogP contribution in [0.5, 0.6) is 0 Å². The van der Waals surface area contributed by atoms with Gasteiger partial charge in [-0.25, -0.2) is 0 Å². The summed E-state index contributed by atoms with van der Waals surface area (Å²) in [4.78, 5) is 4.47. The molecule has 94 valence electrons. The molecule has 0 fully saturated rings. The van der Waals surface area contributed by atoms with Crippen molar-refractivity contribution in [1.29, 1.82) is 0 Å². The van der Waals surface area contributed by atoms with E-state index in [1.54, 1.807) is 0 Å². The second kappa shape index (κ2) is 4.82. The summed E-state index contributed by atoms with van der Waals surface area (Å²) in [6.45, 7) is 2.08. The monoisotopic (exact) mass is 248 g/mol. The van der Waals surface area contributed by atoms with E-state index in [4.69, 9.17) is 5.73 Å². The molecule has 0 spiro atoms. The maximum Gasteiger partial charge on any atom is 0.0753 e. The normalized spacial score (nSPS) is 12.5. The minimum absolute atomic E-state index is 0.140. The van der Waals surface area contributed by atoms with Gasteiger partial charge in [0.15, 0.2) is 0 Å². The molecule has 0 bridgehead atoms. The topological polar surface area (TPSA) is 38.9 Å². The van der Waals surface area contributed by atoms with Crippen LogP contribution in [0.15, 0.2) is 60.8 Å². The van der Waals surface area contributed by atoms with E-state index in [-0.39, 0.29) is 6.04 Å². The van der Waals surface area contributed by atoms with Crippen LogP contribution in [-0.4, -0.2) is 4.98 Å². The van der Waals surface area contributed by atoms with Gasteiger partial charge in [-0.3, -0.25) is 4.98 Å². The number of nitrogens with zero attached hydrogens (tertiary/aromatic N) is 1. The molecule has 19 heavy (non-hydrogen) atoms. The van der Waals surface area contributed by atoms with E-state index in [0.29, 0.717) is 0 Å². The van der Waals surface area contributed by atoms with Crippen LogP contribution in [0.25, 0.3) is 10.9 Å². The number of para-hydroxylation sites is 1. The summed E-state index contributed by atoms with van der Waals surface area (Å²) in [6, 6.07) is 18.4. The first-order valence-corrected chi connectivity index (χ1v) is 6.41. The molecule has 0 saturated heterocycles. The Labute approximate surface area is 112 Å². The van der Waals surface area contributed by atoms with Gasteiger partial charge in [-0.05, 0) is 24.1 Å². The van der Waals surface area contributed by atoms with Crippen molar-refractivity contribution >= 4 is 10.9 Å². The Kier molecular flexibility index (Phi) is 3.02. The van der Waals surface area contributed by atoms with Gasteiger partial charge >= 0.3 is 0 Å². The fourth-order valence-electron chi connectivity index (χ4n) is 2.42. The average Bonchev–Trinajstić information content (AvgIpc) is 2.46. The highest BCUT2D eigenvalue weighted by Gasteiger charge is 2.12. The van der Waals surface area contributed by atoms with Crippen molar-refractivity contribution in [3.8, 4) is 0 Å². The minimum Gasteiger partial charge on any atom is -0.320 e. The molecule has 1 aromatic heterocycles. The molecule has 2 heteroatoms. The molecule has 1 atom stereocenters. The summed E-state index contributed by atoms with van der Waals surface area (Å²) in [7, 11) is 0. The number of pyridine rings is 1. The van der Waals surface area contributed by atoms with Crippen molar-refractivity contribution in [3.05, 3.63) is 77.5 Å². The number of benzene rings is 2. The lowest BCUT2D eigenvalue weighted by Gasteiger charge is -2.15. The van der Waals surface area contributed by atoms with Gasteiger partial charge in [0.1, 0.15) is 0 Å². The van der Waals surface area contributed by atoms with Crippen molar-refractivity contribution in [2.75, 3.05) is 0 Å². The predicted molar refractivity (Wildman–Crippen MR) is 79.0 cm³/mol. The highest BCUT2D eigenvalue weighted by molar-refractivity contribution is 5.82. The molecule has 2 N–H and O–H groups in total. The first-order valence-electron chi connectivity index (χ1n) is 6.41. The molecule has 2 aromatic carbocycles. The minimum atomic E-state index is -0.140. The zero-order valence-corrected chi connectivity index (χ0v) is 10.9. The van der Waals surface area contributed by atoms with Crippen molar-refractivity contribution < 1.29 is 0 Å². The first kappa shape index (κ1) is 11.9. The van der Waals surface area contributed by atoms with Crippen LogP contribution in [0.2, 0.25) is 0 Å². The summed E-state index contributed by atoms with van der Waals surface area (Å²) in [5.41, 5.74) is 10.8. The van der Waals surface area contributed by atoms with Gasteiger partial charge in [-0.1, -0.05) is 54.1 Å². The van der Waals surface area contributed by atoms with Crippen LogP contribution in [0.1, 0.15) is 22.7 Å². The maximum absolute atomic E-state index is 6.41. The highest BCUT2D eigenvalue weighted by Crippen LogP contribution is 2.26. The van der Waals surface area contributed by atoms with Gasteiger partial charge in [0.2, 0.25) is 0 Å². The Morgan fingerprint density at radius 1 is 1.00 bits per heavy atom. The van der Waals surface area contributed by atoms with E-state index in [9.17, 15) is 0 Å². The third-order valence-corrected chi connectivity index (χ3v) is 3.40. The zero-order chi connectivity index (χ0) is 13.2. The van der Waals surface area contributed by atoms with E-state index >= 15 is 0 Å². The summed E-state index contributed by atoms with van der Waals surface area (Å²) in [5, 5.41) is 1.13. The second-order valence-corrected chi connectivity index (χ2v) is 4.81. The smallest absolute Gasteiger partial charge is 0.0753 e. The van der Waals surface area contributed by atoms with Gasteiger partial charge in [0.05, 0.1) is 11.6 Å². The number of aromatic nitrogens is 1. The molecule has 1 heterocycles. The molecule has 0 radical (unpaired) electrons. The lowest BCUT2D eigenvalue weighted by atomic mass is 9.96. The van der Waals surface area contributed by atoms with Crippen molar-refractivity contribution in [2.24, 2.45) is 5.73 Å². The Hall–Kier alpha value is -2.19. The lowest BCUT2D eigenvalue weighted by molar-refractivity contribution is 0.875. The van der Waals surface area contributed by atoms with Crippen LogP contribution >= 0.6 is 0 Å². The molecule has 0 aliphatic heterocycles. The first-order chi connectivity index (χ1) is 9.25.